The average Bonchev–Trinajstić information content (AvgIpc) is 2.87. The van der Waals surface area contributed by atoms with Crippen LogP contribution in [0.15, 0.2) is 33.7 Å². The van der Waals surface area contributed by atoms with Crippen LogP contribution in [0, 0.1) is 13.8 Å². The van der Waals surface area contributed by atoms with Crippen LogP contribution in [-0.4, -0.2) is 37.7 Å². The zero-order chi connectivity index (χ0) is 17.7. The summed E-state index contributed by atoms with van der Waals surface area (Å²) >= 11 is 0. The van der Waals surface area contributed by atoms with Gasteiger partial charge in [-0.1, -0.05) is 23.4 Å². The van der Waals surface area contributed by atoms with Crippen LogP contribution in [0.3, 0.4) is 0 Å². The lowest BCUT2D eigenvalue weighted by atomic mass is 10.1. The van der Waals surface area contributed by atoms with Gasteiger partial charge in [0.25, 0.3) is 0 Å². The van der Waals surface area contributed by atoms with Crippen molar-refractivity contribution in [1.82, 2.24) is 15.2 Å². The Morgan fingerprint density at radius 1 is 1.29 bits per heavy atom. The molecule has 1 heterocycles. The van der Waals surface area contributed by atoms with Gasteiger partial charge in [0.2, 0.25) is 15.9 Å². The maximum absolute atomic E-state index is 12.2. The summed E-state index contributed by atoms with van der Waals surface area (Å²) in [7, 11) is -3.86. The monoisotopic (exact) mass is 353 g/mol. The predicted octanol–water partition coefficient (Wildman–Crippen LogP) is 0.634. The van der Waals surface area contributed by atoms with Gasteiger partial charge in [-0.15, -0.1) is 0 Å². The number of aryl methyl sites for hydroxylation is 2. The van der Waals surface area contributed by atoms with Crippen molar-refractivity contribution in [1.29, 1.82) is 0 Å². The normalized spacial score (nSPS) is 11.4. The van der Waals surface area contributed by atoms with E-state index >= 15 is 0 Å². The van der Waals surface area contributed by atoms with Gasteiger partial charge in [0.05, 0.1) is 6.54 Å². The van der Waals surface area contributed by atoms with Gasteiger partial charge in [-0.05, 0) is 31.9 Å². The number of aromatic hydroxyl groups is 1. The minimum atomic E-state index is -3.86. The van der Waals surface area contributed by atoms with Crippen molar-refractivity contribution in [2.75, 3.05) is 13.1 Å². The Balaban J connectivity index is 1.84. The Morgan fingerprint density at radius 2 is 2.00 bits per heavy atom. The molecule has 0 saturated heterocycles. The molecule has 0 unspecified atom stereocenters. The molecule has 0 saturated carbocycles. The highest BCUT2D eigenvalue weighted by Crippen LogP contribution is 2.18. The molecule has 130 valence electrons. The quantitative estimate of drug-likeness (QED) is 0.671. The summed E-state index contributed by atoms with van der Waals surface area (Å²) in [5.74, 6) is -0.147. The highest BCUT2D eigenvalue weighted by Gasteiger charge is 2.24. The van der Waals surface area contributed by atoms with Gasteiger partial charge >= 0.3 is 0 Å². The van der Waals surface area contributed by atoms with Crippen LogP contribution in [0.2, 0.25) is 0 Å². The highest BCUT2D eigenvalue weighted by molar-refractivity contribution is 7.89. The van der Waals surface area contributed by atoms with Crippen molar-refractivity contribution in [2.45, 2.75) is 25.2 Å². The van der Waals surface area contributed by atoms with Crippen LogP contribution in [0.5, 0.6) is 5.75 Å². The van der Waals surface area contributed by atoms with Crippen LogP contribution in [0.25, 0.3) is 0 Å². The summed E-state index contributed by atoms with van der Waals surface area (Å²) in [6, 6.07) is 6.81. The molecule has 0 aliphatic rings. The Kier molecular flexibility index (Phi) is 5.58. The second-order valence-electron chi connectivity index (χ2n) is 5.21. The van der Waals surface area contributed by atoms with E-state index in [0.717, 1.165) is 0 Å². The first-order valence-electron chi connectivity index (χ1n) is 7.27. The lowest BCUT2D eigenvalue weighted by molar-refractivity contribution is -0.119. The standard InChI is InChI=1S/C15H19N3O5S/c1-10-15(11(2)23-18-10)24(21,22)17-9-14(20)16-8-7-12-5-3-4-6-13(12)19/h3-6,17,19H,7-9H2,1-2H3,(H,16,20). The third-order valence-corrected chi connectivity index (χ3v) is 5.01. The van der Waals surface area contributed by atoms with Crippen molar-refractivity contribution in [3.63, 3.8) is 0 Å². The number of carbonyl (C=O) groups is 1. The number of aromatic nitrogens is 1. The summed E-state index contributed by atoms with van der Waals surface area (Å²) in [4.78, 5) is 11.7. The number of hydrogen-bond donors (Lipinski definition) is 3. The molecule has 0 aliphatic heterocycles. The molecule has 1 aromatic heterocycles. The van der Waals surface area contributed by atoms with Gasteiger partial charge < -0.3 is 14.9 Å². The van der Waals surface area contributed by atoms with Gasteiger partial charge in [0.15, 0.2) is 5.76 Å². The predicted molar refractivity (Wildman–Crippen MR) is 86.0 cm³/mol. The third kappa shape index (κ3) is 4.33. The summed E-state index contributed by atoms with van der Waals surface area (Å²) in [6.07, 6.45) is 0.440. The number of nitrogens with zero attached hydrogens (tertiary/aromatic N) is 1. The largest absolute Gasteiger partial charge is 0.508 e. The lowest BCUT2D eigenvalue weighted by Gasteiger charge is -2.08. The van der Waals surface area contributed by atoms with Crippen LogP contribution in [0.4, 0.5) is 0 Å². The Morgan fingerprint density at radius 3 is 2.62 bits per heavy atom. The van der Waals surface area contributed by atoms with E-state index in [0.29, 0.717) is 12.0 Å². The maximum atomic E-state index is 12.2. The van der Waals surface area contributed by atoms with Crippen molar-refractivity contribution < 1.29 is 22.8 Å². The van der Waals surface area contributed by atoms with E-state index in [9.17, 15) is 18.3 Å². The van der Waals surface area contributed by atoms with Crippen LogP contribution >= 0.6 is 0 Å². The van der Waals surface area contributed by atoms with Gasteiger partial charge in [0, 0.05) is 6.54 Å². The molecule has 8 nitrogen and oxygen atoms in total. The number of rotatable bonds is 7. The molecule has 24 heavy (non-hydrogen) atoms. The molecule has 2 rings (SSSR count). The molecule has 0 spiro atoms. The Labute approximate surface area is 139 Å². The highest BCUT2D eigenvalue weighted by atomic mass is 32.2. The summed E-state index contributed by atoms with van der Waals surface area (Å²) in [5.41, 5.74) is 0.939. The van der Waals surface area contributed by atoms with Crippen LogP contribution in [0.1, 0.15) is 17.0 Å². The molecule has 2 aromatic rings. The molecule has 0 radical (unpaired) electrons. The number of hydrogen-bond acceptors (Lipinski definition) is 6. The van der Waals surface area contributed by atoms with Crippen molar-refractivity contribution in [3.05, 3.63) is 41.3 Å². The minimum absolute atomic E-state index is 0.0514. The first-order chi connectivity index (χ1) is 11.3. The molecule has 1 amide bonds. The number of para-hydroxylation sites is 1. The van der Waals surface area contributed by atoms with Gasteiger partial charge in [-0.25, -0.2) is 13.1 Å². The first kappa shape index (κ1) is 18.0. The average molecular weight is 353 g/mol. The topological polar surface area (TPSA) is 122 Å². The number of carbonyl (C=O) groups excluding carboxylic acids is 1. The number of benzene rings is 1. The van der Waals surface area contributed by atoms with E-state index in [4.69, 9.17) is 4.52 Å². The van der Waals surface area contributed by atoms with Crippen LogP contribution < -0.4 is 10.0 Å². The van der Waals surface area contributed by atoms with E-state index in [2.05, 4.69) is 15.2 Å². The van der Waals surface area contributed by atoms with Crippen molar-refractivity contribution in [3.8, 4) is 5.75 Å². The number of sulfonamides is 1. The summed E-state index contributed by atoms with van der Waals surface area (Å²) in [6.45, 7) is 2.88. The number of phenols is 1. The summed E-state index contributed by atoms with van der Waals surface area (Å²) < 4.78 is 31.3. The fraction of sp³-hybridized carbons (Fsp3) is 0.333. The Bertz CT molecular complexity index is 810. The fourth-order valence-electron chi connectivity index (χ4n) is 2.21. The number of nitrogens with one attached hydrogen (secondary N) is 2. The molecule has 0 fully saturated rings. The molecule has 0 aliphatic carbocycles. The molecule has 0 bridgehead atoms. The van der Waals surface area contributed by atoms with E-state index in [1.54, 1.807) is 24.3 Å². The minimum Gasteiger partial charge on any atom is -0.508 e. The zero-order valence-corrected chi connectivity index (χ0v) is 14.2. The van der Waals surface area contributed by atoms with E-state index in [1.807, 2.05) is 0 Å². The van der Waals surface area contributed by atoms with Crippen molar-refractivity contribution in [2.24, 2.45) is 0 Å². The van der Waals surface area contributed by atoms with Gasteiger partial charge in [-0.3, -0.25) is 4.79 Å². The smallest absolute Gasteiger partial charge is 0.246 e. The molecule has 3 N–H and O–H groups in total. The molecule has 0 atom stereocenters. The van der Waals surface area contributed by atoms with E-state index in [1.165, 1.54) is 13.8 Å². The molecular weight excluding hydrogens is 334 g/mol. The lowest BCUT2D eigenvalue weighted by Crippen LogP contribution is -2.37. The Hall–Kier alpha value is -2.39. The van der Waals surface area contributed by atoms with Gasteiger partial charge in [0.1, 0.15) is 16.3 Å². The third-order valence-electron chi connectivity index (χ3n) is 3.37. The van der Waals surface area contributed by atoms with Crippen LogP contribution in [-0.2, 0) is 21.2 Å². The summed E-state index contributed by atoms with van der Waals surface area (Å²) in [5, 5.41) is 15.8. The zero-order valence-electron chi connectivity index (χ0n) is 13.4. The number of amides is 1. The molecule has 9 heteroatoms. The van der Waals surface area contributed by atoms with E-state index < -0.39 is 22.5 Å². The van der Waals surface area contributed by atoms with Gasteiger partial charge in [-0.2, -0.15) is 0 Å². The second kappa shape index (κ2) is 7.45. The van der Waals surface area contributed by atoms with E-state index in [-0.39, 0.29) is 28.6 Å². The second-order valence-corrected chi connectivity index (χ2v) is 6.91. The molecule has 1 aromatic carbocycles. The number of phenolic OH excluding ortho intramolecular Hbond substituents is 1. The fourth-order valence-corrected chi connectivity index (χ4v) is 3.52. The SMILES string of the molecule is Cc1noc(C)c1S(=O)(=O)NCC(=O)NCCc1ccccc1O. The van der Waals surface area contributed by atoms with Crippen molar-refractivity contribution >= 4 is 15.9 Å². The maximum Gasteiger partial charge on any atom is 0.246 e. The molecular formula is C15H19N3O5S. The first-order valence-corrected chi connectivity index (χ1v) is 8.75.